The van der Waals surface area contributed by atoms with Gasteiger partial charge >= 0.3 is 0 Å². The smallest absolute Gasteiger partial charge is 0.161 e. The molecule has 1 saturated heterocycles. The molecule has 0 saturated carbocycles. The minimum absolute atomic E-state index is 0.517. The second-order valence-corrected chi connectivity index (χ2v) is 6.04. The van der Waals surface area contributed by atoms with Crippen molar-refractivity contribution in [3.05, 3.63) is 47.6 Å². The lowest BCUT2D eigenvalue weighted by molar-refractivity contribution is 0.486. The Morgan fingerprint density at radius 2 is 2.05 bits per heavy atom. The van der Waals surface area contributed by atoms with Crippen LogP contribution in [0.3, 0.4) is 0 Å². The molecule has 0 aromatic carbocycles. The van der Waals surface area contributed by atoms with Gasteiger partial charge in [0.2, 0.25) is 0 Å². The maximum Gasteiger partial charge on any atom is 0.161 e. The lowest BCUT2D eigenvalue weighted by Crippen LogP contribution is -2.33. The molecule has 0 atom stereocenters. The molecule has 1 N–H and O–H groups in total. The molecule has 0 unspecified atom stereocenters. The number of imidazole rings is 1. The Kier molecular flexibility index (Phi) is 3.42. The number of nitrogens with one attached hydrogen (secondary N) is 1. The predicted octanol–water partition coefficient (Wildman–Crippen LogP) is 3.39. The van der Waals surface area contributed by atoms with Crippen LogP contribution in [0.5, 0.6) is 0 Å². The van der Waals surface area contributed by atoms with E-state index in [1.165, 1.54) is 0 Å². The first kappa shape index (κ1) is 13.5. The summed E-state index contributed by atoms with van der Waals surface area (Å²) in [6.07, 6.45) is 7.53. The number of hydrogen-bond donors (Lipinski definition) is 1. The Labute approximate surface area is 133 Å². The summed E-state index contributed by atoms with van der Waals surface area (Å²) in [7, 11) is 0. The molecular weight excluding hydrogens is 298 g/mol. The highest BCUT2D eigenvalue weighted by Crippen LogP contribution is 2.28. The Morgan fingerprint density at radius 1 is 1.18 bits per heavy atom. The van der Waals surface area contributed by atoms with Crippen molar-refractivity contribution < 1.29 is 0 Å². The topological polar surface area (TPSA) is 57.7 Å². The van der Waals surface area contributed by atoms with E-state index in [4.69, 9.17) is 11.6 Å². The van der Waals surface area contributed by atoms with Gasteiger partial charge in [-0.1, -0.05) is 11.6 Å². The van der Waals surface area contributed by atoms with E-state index in [0.29, 0.717) is 10.9 Å². The second-order valence-electron chi connectivity index (χ2n) is 5.61. The molecule has 0 amide bonds. The molecule has 112 valence electrons. The molecule has 4 heterocycles. The summed E-state index contributed by atoms with van der Waals surface area (Å²) in [6.45, 7) is 1.97. The Hall–Kier alpha value is -2.14. The van der Waals surface area contributed by atoms with Crippen LogP contribution in [-0.4, -0.2) is 33.0 Å². The number of aromatic amines is 1. The number of halogens is 1. The largest absolute Gasteiger partial charge is 0.357 e. The fourth-order valence-electron chi connectivity index (χ4n) is 3.03. The van der Waals surface area contributed by atoms with Crippen LogP contribution in [0, 0.1) is 0 Å². The first-order valence-electron chi connectivity index (χ1n) is 7.46. The average molecular weight is 314 g/mol. The van der Waals surface area contributed by atoms with Gasteiger partial charge in [-0.05, 0) is 31.0 Å². The van der Waals surface area contributed by atoms with Crippen molar-refractivity contribution in [3.8, 4) is 0 Å². The number of fused-ring (bicyclic) bond motifs is 1. The number of aromatic nitrogens is 4. The number of anilines is 1. The van der Waals surface area contributed by atoms with Crippen LogP contribution in [0.2, 0.25) is 5.02 Å². The third kappa shape index (κ3) is 2.52. The van der Waals surface area contributed by atoms with Gasteiger partial charge in [0.25, 0.3) is 0 Å². The van der Waals surface area contributed by atoms with Gasteiger partial charge < -0.3 is 9.88 Å². The van der Waals surface area contributed by atoms with Gasteiger partial charge in [-0.25, -0.2) is 15.0 Å². The zero-order valence-corrected chi connectivity index (χ0v) is 12.8. The van der Waals surface area contributed by atoms with Crippen LogP contribution in [0.1, 0.15) is 24.6 Å². The van der Waals surface area contributed by atoms with Crippen LogP contribution in [0.4, 0.5) is 5.82 Å². The normalized spacial score (nSPS) is 16.3. The standard InChI is InChI=1S/C16H16ClN5/c17-13-9-12-1-2-14(21-16(12)20-10-13)22-7-3-11(4-8-22)15-18-5-6-19-15/h1-2,5-6,9-11H,3-4,7-8H2,(H,18,19). The molecule has 0 radical (unpaired) electrons. The van der Waals surface area contributed by atoms with Gasteiger partial charge in [0.1, 0.15) is 11.6 Å². The van der Waals surface area contributed by atoms with E-state index in [1.807, 2.05) is 30.6 Å². The van der Waals surface area contributed by atoms with Crippen molar-refractivity contribution in [3.63, 3.8) is 0 Å². The van der Waals surface area contributed by atoms with Crippen LogP contribution in [0.25, 0.3) is 11.0 Å². The molecule has 3 aromatic rings. The summed E-state index contributed by atoms with van der Waals surface area (Å²) >= 11 is 5.96. The minimum atomic E-state index is 0.517. The third-order valence-corrected chi connectivity index (χ3v) is 4.43. The maximum atomic E-state index is 5.96. The van der Waals surface area contributed by atoms with E-state index in [1.54, 1.807) is 6.20 Å². The number of piperidine rings is 1. The molecule has 3 aromatic heterocycles. The third-order valence-electron chi connectivity index (χ3n) is 4.22. The van der Waals surface area contributed by atoms with Crippen LogP contribution in [-0.2, 0) is 0 Å². The fourth-order valence-corrected chi connectivity index (χ4v) is 3.20. The van der Waals surface area contributed by atoms with E-state index < -0.39 is 0 Å². The number of rotatable bonds is 2. The molecule has 5 nitrogen and oxygen atoms in total. The molecule has 0 bridgehead atoms. The molecule has 1 aliphatic heterocycles. The van der Waals surface area contributed by atoms with E-state index in [9.17, 15) is 0 Å². The molecule has 1 fully saturated rings. The van der Waals surface area contributed by atoms with Gasteiger partial charge in [0.15, 0.2) is 5.65 Å². The summed E-state index contributed by atoms with van der Waals surface area (Å²) in [4.78, 5) is 18.9. The summed E-state index contributed by atoms with van der Waals surface area (Å²) in [5, 5.41) is 1.61. The van der Waals surface area contributed by atoms with Gasteiger partial charge in [-0.2, -0.15) is 0 Å². The van der Waals surface area contributed by atoms with Crippen LogP contribution >= 0.6 is 11.6 Å². The van der Waals surface area contributed by atoms with E-state index in [2.05, 4.69) is 24.8 Å². The predicted molar refractivity (Wildman–Crippen MR) is 87.3 cm³/mol. The van der Waals surface area contributed by atoms with Crippen molar-refractivity contribution in [2.45, 2.75) is 18.8 Å². The van der Waals surface area contributed by atoms with E-state index >= 15 is 0 Å². The Morgan fingerprint density at radius 3 is 2.82 bits per heavy atom. The summed E-state index contributed by atoms with van der Waals surface area (Å²) in [5.41, 5.74) is 0.745. The number of pyridine rings is 2. The quantitative estimate of drug-likeness (QED) is 0.788. The number of H-pyrrole nitrogens is 1. The Bertz CT molecular complexity index is 778. The molecule has 0 spiro atoms. The minimum Gasteiger partial charge on any atom is -0.357 e. The van der Waals surface area contributed by atoms with Gasteiger partial charge in [0, 0.05) is 43.0 Å². The highest BCUT2D eigenvalue weighted by atomic mass is 35.5. The molecular formula is C16H16ClN5. The SMILES string of the molecule is Clc1cnc2nc(N3CCC(c4ncc[nH]4)CC3)ccc2c1. The van der Waals surface area contributed by atoms with Gasteiger partial charge in [-0.15, -0.1) is 0 Å². The molecule has 22 heavy (non-hydrogen) atoms. The summed E-state index contributed by atoms with van der Waals surface area (Å²) < 4.78 is 0. The van der Waals surface area contributed by atoms with Crippen molar-refractivity contribution in [2.24, 2.45) is 0 Å². The zero-order valence-electron chi connectivity index (χ0n) is 12.0. The molecule has 4 rings (SSSR count). The maximum absolute atomic E-state index is 5.96. The van der Waals surface area contributed by atoms with Crippen LogP contribution < -0.4 is 4.90 Å². The van der Waals surface area contributed by atoms with Gasteiger partial charge in [-0.3, -0.25) is 0 Å². The zero-order chi connectivity index (χ0) is 14.9. The summed E-state index contributed by atoms with van der Waals surface area (Å²) in [6, 6.07) is 5.98. The van der Waals surface area contributed by atoms with Crippen molar-refractivity contribution in [1.29, 1.82) is 0 Å². The lowest BCUT2D eigenvalue weighted by atomic mass is 9.96. The van der Waals surface area contributed by atoms with Crippen LogP contribution in [0.15, 0.2) is 36.8 Å². The highest BCUT2D eigenvalue weighted by molar-refractivity contribution is 6.31. The first-order chi connectivity index (χ1) is 10.8. The van der Waals surface area contributed by atoms with Crippen molar-refractivity contribution >= 4 is 28.5 Å². The van der Waals surface area contributed by atoms with Gasteiger partial charge in [0.05, 0.1) is 5.02 Å². The number of hydrogen-bond acceptors (Lipinski definition) is 4. The Balaban J connectivity index is 1.52. The van der Waals surface area contributed by atoms with Crippen molar-refractivity contribution in [2.75, 3.05) is 18.0 Å². The lowest BCUT2D eigenvalue weighted by Gasteiger charge is -2.32. The van der Waals surface area contributed by atoms with Crippen molar-refractivity contribution in [1.82, 2.24) is 19.9 Å². The summed E-state index contributed by atoms with van der Waals surface area (Å²) in [5.74, 6) is 2.60. The first-order valence-corrected chi connectivity index (χ1v) is 7.84. The molecule has 0 aliphatic carbocycles. The fraction of sp³-hybridized carbons (Fsp3) is 0.312. The number of nitrogens with zero attached hydrogens (tertiary/aromatic N) is 4. The highest BCUT2D eigenvalue weighted by Gasteiger charge is 2.23. The molecule has 6 heteroatoms. The second kappa shape index (κ2) is 5.57. The average Bonchev–Trinajstić information content (AvgIpc) is 3.09. The molecule has 1 aliphatic rings. The van der Waals surface area contributed by atoms with E-state index in [-0.39, 0.29) is 0 Å². The van der Waals surface area contributed by atoms with E-state index in [0.717, 1.165) is 48.6 Å². The monoisotopic (exact) mass is 313 g/mol.